The van der Waals surface area contributed by atoms with Gasteiger partial charge in [-0.25, -0.2) is 9.59 Å². The normalized spacial score (nSPS) is 12.7. The van der Waals surface area contributed by atoms with Crippen LogP contribution in [0.25, 0.3) is 0 Å². The Labute approximate surface area is 171 Å². The number of ether oxygens (including phenoxy) is 1. The van der Waals surface area contributed by atoms with Crippen LogP contribution in [0.15, 0.2) is 41.0 Å². The third-order valence-electron chi connectivity index (χ3n) is 4.11. The van der Waals surface area contributed by atoms with Crippen LogP contribution in [-0.4, -0.2) is 47.3 Å². The number of hydrogen-bond acceptors (Lipinski definition) is 7. The summed E-state index contributed by atoms with van der Waals surface area (Å²) in [7, 11) is 0. The Hall–Kier alpha value is -3.95. The highest BCUT2D eigenvalue weighted by atomic mass is 16.5. The summed E-state index contributed by atoms with van der Waals surface area (Å²) in [4.78, 5) is 61.4. The molecule has 3 rings (SSSR count). The van der Waals surface area contributed by atoms with Gasteiger partial charge in [-0.15, -0.1) is 0 Å². The van der Waals surface area contributed by atoms with Gasteiger partial charge in [0.15, 0.2) is 6.61 Å². The van der Waals surface area contributed by atoms with Crippen molar-refractivity contribution in [3.63, 3.8) is 0 Å². The zero-order chi connectivity index (χ0) is 21.8. The van der Waals surface area contributed by atoms with Crippen LogP contribution in [0.4, 0.5) is 4.79 Å². The molecule has 0 fully saturated rings. The molecular formula is C20H19N3O7. The van der Waals surface area contributed by atoms with Gasteiger partial charge in [-0.1, -0.05) is 0 Å². The standard InChI is InChI=1S/C20H19N3O7/c1-11(2)21-20(28)22-16(24)10-30-19(27)12-5-6-14-15(8-12)18(26)23(17(14)25)9-13-4-3-7-29-13/h3-8,11H,9-10H2,1-2H3,(H2,21,22,24,28). The number of esters is 1. The van der Waals surface area contributed by atoms with Crippen LogP contribution < -0.4 is 10.6 Å². The van der Waals surface area contributed by atoms with E-state index in [0.29, 0.717) is 5.76 Å². The van der Waals surface area contributed by atoms with Crippen LogP contribution in [0.5, 0.6) is 0 Å². The van der Waals surface area contributed by atoms with E-state index in [1.54, 1.807) is 26.0 Å². The maximum Gasteiger partial charge on any atom is 0.338 e. The molecule has 30 heavy (non-hydrogen) atoms. The summed E-state index contributed by atoms with van der Waals surface area (Å²) in [5, 5.41) is 4.48. The molecule has 1 aromatic carbocycles. The Morgan fingerprint density at radius 2 is 1.83 bits per heavy atom. The van der Waals surface area contributed by atoms with E-state index in [2.05, 4.69) is 5.32 Å². The molecule has 0 atom stereocenters. The third-order valence-corrected chi connectivity index (χ3v) is 4.11. The number of urea groups is 1. The van der Waals surface area contributed by atoms with Crippen molar-refractivity contribution < 1.29 is 33.1 Å². The Bertz CT molecular complexity index is 1010. The maximum absolute atomic E-state index is 12.6. The van der Waals surface area contributed by atoms with Gasteiger partial charge in [-0.3, -0.25) is 24.6 Å². The molecule has 2 heterocycles. The smallest absolute Gasteiger partial charge is 0.338 e. The number of carbonyl (C=O) groups excluding carboxylic acids is 5. The summed E-state index contributed by atoms with van der Waals surface area (Å²) in [6.07, 6.45) is 1.43. The minimum absolute atomic E-state index is 0.00539. The predicted molar refractivity (Wildman–Crippen MR) is 101 cm³/mol. The third kappa shape index (κ3) is 4.54. The van der Waals surface area contributed by atoms with E-state index >= 15 is 0 Å². The van der Waals surface area contributed by atoms with Gasteiger partial charge in [0.05, 0.1) is 29.5 Å². The molecule has 0 radical (unpaired) electrons. The highest BCUT2D eigenvalue weighted by Gasteiger charge is 2.36. The predicted octanol–water partition coefficient (Wildman–Crippen LogP) is 1.47. The van der Waals surface area contributed by atoms with E-state index in [0.717, 1.165) is 4.90 Å². The molecule has 10 nitrogen and oxygen atoms in total. The summed E-state index contributed by atoms with van der Waals surface area (Å²) in [6, 6.07) is 6.33. The largest absolute Gasteiger partial charge is 0.467 e. The Morgan fingerprint density at radius 1 is 1.10 bits per heavy atom. The van der Waals surface area contributed by atoms with Crippen molar-refractivity contribution in [3.8, 4) is 0 Å². The van der Waals surface area contributed by atoms with Crippen LogP contribution in [0.1, 0.15) is 50.7 Å². The van der Waals surface area contributed by atoms with E-state index in [1.807, 2.05) is 5.32 Å². The summed E-state index contributed by atoms with van der Waals surface area (Å²) >= 11 is 0. The molecule has 156 valence electrons. The Morgan fingerprint density at radius 3 is 2.50 bits per heavy atom. The lowest BCUT2D eigenvalue weighted by Crippen LogP contribution is -2.44. The van der Waals surface area contributed by atoms with Gasteiger partial charge < -0.3 is 14.5 Å². The van der Waals surface area contributed by atoms with E-state index in [4.69, 9.17) is 9.15 Å². The number of nitrogens with zero attached hydrogens (tertiary/aromatic N) is 1. The lowest BCUT2D eigenvalue weighted by Gasteiger charge is -2.11. The lowest BCUT2D eigenvalue weighted by atomic mass is 10.1. The zero-order valence-electron chi connectivity index (χ0n) is 16.3. The van der Waals surface area contributed by atoms with E-state index in [-0.39, 0.29) is 29.3 Å². The molecule has 1 aliphatic heterocycles. The molecular weight excluding hydrogens is 394 g/mol. The monoisotopic (exact) mass is 413 g/mol. The van der Waals surface area contributed by atoms with E-state index < -0.39 is 36.3 Å². The average molecular weight is 413 g/mol. The molecule has 1 aliphatic rings. The second-order valence-electron chi connectivity index (χ2n) is 6.79. The van der Waals surface area contributed by atoms with Crippen molar-refractivity contribution in [1.29, 1.82) is 0 Å². The molecule has 0 spiro atoms. The van der Waals surface area contributed by atoms with Crippen molar-refractivity contribution in [3.05, 3.63) is 59.0 Å². The van der Waals surface area contributed by atoms with Gasteiger partial charge in [0, 0.05) is 6.04 Å². The van der Waals surface area contributed by atoms with Gasteiger partial charge in [0.2, 0.25) is 0 Å². The molecule has 0 saturated heterocycles. The maximum atomic E-state index is 12.6. The lowest BCUT2D eigenvalue weighted by molar-refractivity contribution is -0.123. The van der Waals surface area contributed by atoms with E-state index in [1.165, 1.54) is 24.5 Å². The summed E-state index contributed by atoms with van der Waals surface area (Å²) in [5.41, 5.74) is 0.210. The number of rotatable bonds is 6. The molecule has 2 aromatic rings. The molecule has 0 bridgehead atoms. The SMILES string of the molecule is CC(C)NC(=O)NC(=O)COC(=O)c1ccc2c(c1)C(=O)N(Cc1ccco1)C2=O. The van der Waals surface area contributed by atoms with Gasteiger partial charge in [0.1, 0.15) is 5.76 Å². The molecule has 0 saturated carbocycles. The highest BCUT2D eigenvalue weighted by molar-refractivity contribution is 6.21. The molecule has 0 unspecified atom stereocenters. The van der Waals surface area contributed by atoms with Gasteiger partial charge >= 0.3 is 12.0 Å². The fourth-order valence-electron chi connectivity index (χ4n) is 2.80. The summed E-state index contributed by atoms with van der Waals surface area (Å²) in [5.74, 6) is -2.30. The molecule has 10 heteroatoms. The number of imide groups is 2. The fraction of sp³-hybridized carbons (Fsp3) is 0.250. The number of carbonyl (C=O) groups is 5. The second kappa shape index (κ2) is 8.60. The number of nitrogens with one attached hydrogen (secondary N) is 2. The minimum Gasteiger partial charge on any atom is -0.467 e. The van der Waals surface area contributed by atoms with Gasteiger partial charge in [-0.05, 0) is 44.2 Å². The highest BCUT2D eigenvalue weighted by Crippen LogP contribution is 2.26. The van der Waals surface area contributed by atoms with Crippen molar-refractivity contribution in [2.75, 3.05) is 6.61 Å². The topological polar surface area (TPSA) is 135 Å². The summed E-state index contributed by atoms with van der Waals surface area (Å²) in [6.45, 7) is 2.73. The van der Waals surface area contributed by atoms with Crippen LogP contribution >= 0.6 is 0 Å². The van der Waals surface area contributed by atoms with Crippen molar-refractivity contribution in [2.24, 2.45) is 0 Å². The molecule has 1 aromatic heterocycles. The first kappa shape index (κ1) is 20.8. The Kier molecular flexibility index (Phi) is 5.95. The molecule has 2 N–H and O–H groups in total. The van der Waals surface area contributed by atoms with E-state index in [9.17, 15) is 24.0 Å². The first-order valence-corrected chi connectivity index (χ1v) is 9.06. The second-order valence-corrected chi connectivity index (χ2v) is 6.79. The van der Waals surface area contributed by atoms with Crippen LogP contribution in [0.2, 0.25) is 0 Å². The first-order chi connectivity index (χ1) is 14.3. The number of hydrogen-bond donors (Lipinski definition) is 2. The molecule has 5 amide bonds. The van der Waals surface area contributed by atoms with Gasteiger partial charge in [-0.2, -0.15) is 0 Å². The first-order valence-electron chi connectivity index (χ1n) is 9.06. The van der Waals surface area contributed by atoms with Crippen molar-refractivity contribution in [1.82, 2.24) is 15.5 Å². The van der Waals surface area contributed by atoms with Crippen LogP contribution in [0, 0.1) is 0 Å². The minimum atomic E-state index is -0.873. The van der Waals surface area contributed by atoms with Crippen molar-refractivity contribution in [2.45, 2.75) is 26.4 Å². The molecule has 0 aliphatic carbocycles. The average Bonchev–Trinajstić information content (AvgIpc) is 3.28. The fourth-order valence-corrected chi connectivity index (χ4v) is 2.80. The van der Waals surface area contributed by atoms with Crippen molar-refractivity contribution >= 4 is 29.7 Å². The number of amides is 5. The number of furan rings is 1. The number of fused-ring (bicyclic) bond motifs is 1. The zero-order valence-corrected chi connectivity index (χ0v) is 16.3. The quantitative estimate of drug-likeness (QED) is 0.541. The summed E-state index contributed by atoms with van der Waals surface area (Å²) < 4.78 is 10.0. The van der Waals surface area contributed by atoms with Crippen LogP contribution in [0.3, 0.4) is 0 Å². The van der Waals surface area contributed by atoms with Gasteiger partial charge in [0.25, 0.3) is 17.7 Å². The van der Waals surface area contributed by atoms with Crippen LogP contribution in [-0.2, 0) is 16.1 Å². The Balaban J connectivity index is 1.63. The number of benzene rings is 1.